The lowest BCUT2D eigenvalue weighted by Crippen LogP contribution is -2.30. The summed E-state index contributed by atoms with van der Waals surface area (Å²) in [5.41, 5.74) is 0. The summed E-state index contributed by atoms with van der Waals surface area (Å²) in [6, 6.07) is 0.730. The number of fused-ring (bicyclic) bond motifs is 1. The molecule has 1 aliphatic heterocycles. The summed E-state index contributed by atoms with van der Waals surface area (Å²) < 4.78 is 5.29. The van der Waals surface area contributed by atoms with E-state index >= 15 is 0 Å². The zero-order chi connectivity index (χ0) is 4.69. The van der Waals surface area contributed by atoms with Gasteiger partial charge in [0.05, 0.1) is 12.7 Å². The van der Waals surface area contributed by atoms with Crippen molar-refractivity contribution in [3.8, 4) is 0 Å². The van der Waals surface area contributed by atoms with E-state index in [1.54, 1.807) is 0 Å². The molecule has 2 atom stereocenters. The van der Waals surface area contributed by atoms with Crippen LogP contribution in [0.1, 0.15) is 6.42 Å². The van der Waals surface area contributed by atoms with Gasteiger partial charge in [-0.05, 0) is 6.42 Å². The van der Waals surface area contributed by atoms with Crippen molar-refractivity contribution in [3.05, 3.63) is 0 Å². The molecule has 2 rings (SSSR count). The van der Waals surface area contributed by atoms with E-state index in [0.717, 1.165) is 19.2 Å². The van der Waals surface area contributed by atoms with Crippen molar-refractivity contribution in [1.29, 1.82) is 0 Å². The smallest absolute Gasteiger partial charge is 0.0745 e. The Kier molecular flexibility index (Phi) is 1.75. The Labute approximate surface area is 55.0 Å². The van der Waals surface area contributed by atoms with Crippen molar-refractivity contribution in [2.45, 2.75) is 18.6 Å². The normalized spacial score (nSPS) is 42.0. The van der Waals surface area contributed by atoms with Gasteiger partial charge in [-0.3, -0.25) is 0 Å². The standard InChI is InChI=1S/C5H9NO.ClH/c1-2-7-5-3-4(5)6-1;/h4-6H,1-3H2;1H/t4-,5+;/m0./s1. The summed E-state index contributed by atoms with van der Waals surface area (Å²) in [5, 5.41) is 3.33. The third kappa shape index (κ3) is 0.966. The molecule has 0 bridgehead atoms. The Morgan fingerprint density at radius 1 is 1.50 bits per heavy atom. The van der Waals surface area contributed by atoms with Crippen molar-refractivity contribution in [2.75, 3.05) is 13.2 Å². The highest BCUT2D eigenvalue weighted by atomic mass is 35.5. The molecule has 1 aliphatic carbocycles. The molecule has 8 heavy (non-hydrogen) atoms. The van der Waals surface area contributed by atoms with Crippen molar-refractivity contribution in [1.82, 2.24) is 5.32 Å². The van der Waals surface area contributed by atoms with Gasteiger partial charge in [0.1, 0.15) is 0 Å². The molecule has 48 valence electrons. The predicted molar refractivity (Wildman–Crippen MR) is 33.4 cm³/mol. The van der Waals surface area contributed by atoms with Gasteiger partial charge in [-0.2, -0.15) is 0 Å². The van der Waals surface area contributed by atoms with E-state index in [-0.39, 0.29) is 12.4 Å². The molecule has 2 fully saturated rings. The Balaban J connectivity index is 0.000000320. The second kappa shape index (κ2) is 2.21. The lowest BCUT2D eigenvalue weighted by atomic mass is 10.5. The zero-order valence-corrected chi connectivity index (χ0v) is 5.41. The number of rotatable bonds is 0. The second-order valence-electron chi connectivity index (χ2n) is 2.21. The lowest BCUT2D eigenvalue weighted by molar-refractivity contribution is 0.0922. The van der Waals surface area contributed by atoms with Gasteiger partial charge in [0.25, 0.3) is 0 Å². The van der Waals surface area contributed by atoms with Crippen LogP contribution in [0.5, 0.6) is 0 Å². The number of ether oxygens (including phenoxy) is 1. The average Bonchev–Trinajstić information content (AvgIpc) is 2.41. The molecule has 3 heteroatoms. The summed E-state index contributed by atoms with van der Waals surface area (Å²) in [7, 11) is 0. The molecule has 0 unspecified atom stereocenters. The molecule has 1 N–H and O–H groups in total. The SMILES string of the molecule is C1CO[C@@H]2C[C@@H]2N1.Cl. The maximum absolute atomic E-state index is 5.29. The number of hydrogen-bond donors (Lipinski definition) is 1. The minimum Gasteiger partial charge on any atom is -0.375 e. The highest BCUT2D eigenvalue weighted by molar-refractivity contribution is 5.85. The van der Waals surface area contributed by atoms with E-state index in [4.69, 9.17) is 4.74 Å². The van der Waals surface area contributed by atoms with Crippen molar-refractivity contribution >= 4 is 12.4 Å². The molecule has 1 saturated carbocycles. The first-order chi connectivity index (χ1) is 3.47. The monoisotopic (exact) mass is 135 g/mol. The molecule has 0 aromatic carbocycles. The topological polar surface area (TPSA) is 21.3 Å². The van der Waals surface area contributed by atoms with Crippen LogP contribution in [-0.2, 0) is 4.74 Å². The van der Waals surface area contributed by atoms with Crippen LogP contribution in [0.15, 0.2) is 0 Å². The van der Waals surface area contributed by atoms with E-state index < -0.39 is 0 Å². The third-order valence-electron chi connectivity index (χ3n) is 1.57. The number of halogens is 1. The van der Waals surface area contributed by atoms with E-state index in [2.05, 4.69) is 5.32 Å². The number of morpholine rings is 1. The maximum Gasteiger partial charge on any atom is 0.0745 e. The molecule has 0 spiro atoms. The number of hydrogen-bond acceptors (Lipinski definition) is 2. The van der Waals surface area contributed by atoms with Gasteiger partial charge in [-0.15, -0.1) is 12.4 Å². The Morgan fingerprint density at radius 2 is 2.38 bits per heavy atom. The van der Waals surface area contributed by atoms with Gasteiger partial charge in [-0.25, -0.2) is 0 Å². The molecule has 0 amide bonds. The first kappa shape index (κ1) is 6.33. The summed E-state index contributed by atoms with van der Waals surface area (Å²) in [5.74, 6) is 0. The summed E-state index contributed by atoms with van der Waals surface area (Å²) >= 11 is 0. The van der Waals surface area contributed by atoms with Crippen LogP contribution in [0.25, 0.3) is 0 Å². The van der Waals surface area contributed by atoms with E-state index in [1.807, 2.05) is 0 Å². The largest absolute Gasteiger partial charge is 0.375 e. The van der Waals surface area contributed by atoms with Gasteiger partial charge >= 0.3 is 0 Å². The summed E-state index contributed by atoms with van der Waals surface area (Å²) in [4.78, 5) is 0. The molecular weight excluding hydrogens is 126 g/mol. The Morgan fingerprint density at radius 3 is 2.88 bits per heavy atom. The first-order valence-corrected chi connectivity index (χ1v) is 2.82. The predicted octanol–water partition coefficient (Wildman–Crippen LogP) is 0.169. The van der Waals surface area contributed by atoms with Crippen LogP contribution in [0.4, 0.5) is 0 Å². The van der Waals surface area contributed by atoms with Crippen LogP contribution in [0.3, 0.4) is 0 Å². The molecule has 0 aromatic rings. The van der Waals surface area contributed by atoms with Gasteiger partial charge in [-0.1, -0.05) is 0 Å². The quantitative estimate of drug-likeness (QED) is 0.511. The van der Waals surface area contributed by atoms with Crippen molar-refractivity contribution in [3.63, 3.8) is 0 Å². The summed E-state index contributed by atoms with van der Waals surface area (Å²) in [6.45, 7) is 1.97. The van der Waals surface area contributed by atoms with Crippen LogP contribution in [0, 0.1) is 0 Å². The zero-order valence-electron chi connectivity index (χ0n) is 4.59. The van der Waals surface area contributed by atoms with Gasteiger partial charge in [0, 0.05) is 12.6 Å². The van der Waals surface area contributed by atoms with E-state index in [0.29, 0.717) is 6.10 Å². The molecule has 2 nitrogen and oxygen atoms in total. The van der Waals surface area contributed by atoms with Crippen LogP contribution >= 0.6 is 12.4 Å². The van der Waals surface area contributed by atoms with Crippen LogP contribution in [-0.4, -0.2) is 25.3 Å². The van der Waals surface area contributed by atoms with Crippen molar-refractivity contribution in [2.24, 2.45) is 0 Å². The van der Waals surface area contributed by atoms with Gasteiger partial charge in [0.2, 0.25) is 0 Å². The molecular formula is C5H10ClNO. The molecule has 1 saturated heterocycles. The molecule has 2 aliphatic rings. The first-order valence-electron chi connectivity index (χ1n) is 2.82. The Bertz CT molecular complexity index is 78.5. The Hall–Kier alpha value is 0.210. The minimum absolute atomic E-state index is 0. The lowest BCUT2D eigenvalue weighted by Gasteiger charge is -2.09. The van der Waals surface area contributed by atoms with Crippen LogP contribution < -0.4 is 5.32 Å². The second-order valence-corrected chi connectivity index (χ2v) is 2.21. The molecule has 0 aromatic heterocycles. The highest BCUT2D eigenvalue weighted by Gasteiger charge is 2.39. The van der Waals surface area contributed by atoms with E-state index in [9.17, 15) is 0 Å². The van der Waals surface area contributed by atoms with Crippen molar-refractivity contribution < 1.29 is 4.74 Å². The average molecular weight is 136 g/mol. The van der Waals surface area contributed by atoms with Crippen LogP contribution in [0.2, 0.25) is 0 Å². The van der Waals surface area contributed by atoms with E-state index in [1.165, 1.54) is 6.42 Å². The fourth-order valence-corrected chi connectivity index (χ4v) is 1.03. The summed E-state index contributed by atoms with van der Waals surface area (Å²) in [6.07, 6.45) is 1.84. The molecule has 1 heterocycles. The minimum atomic E-state index is 0. The van der Waals surface area contributed by atoms with Gasteiger partial charge < -0.3 is 10.1 Å². The fourth-order valence-electron chi connectivity index (χ4n) is 1.03. The third-order valence-corrected chi connectivity index (χ3v) is 1.57. The van der Waals surface area contributed by atoms with Gasteiger partial charge in [0.15, 0.2) is 0 Å². The molecule has 0 radical (unpaired) electrons. The fraction of sp³-hybridized carbons (Fsp3) is 1.00. The highest BCUT2D eigenvalue weighted by Crippen LogP contribution is 2.26. The maximum atomic E-state index is 5.29. The number of nitrogens with one attached hydrogen (secondary N) is 1.